The smallest absolute Gasteiger partial charge is 0.144 e. The molecule has 4 heterocycles. The number of para-hydroxylation sites is 1. The number of benzene rings is 7. The summed E-state index contributed by atoms with van der Waals surface area (Å²) in [5, 5.41) is 0. The average molecular weight is 776 g/mol. The summed E-state index contributed by atoms with van der Waals surface area (Å²) >= 11 is 0. The minimum Gasteiger partial charge on any atom is -0.278 e. The monoisotopic (exact) mass is 775 g/mol. The Bertz CT molecular complexity index is 2950. The highest BCUT2D eigenvalue weighted by Crippen LogP contribution is 2.69. The van der Waals surface area contributed by atoms with Crippen molar-refractivity contribution in [2.45, 2.75) is 18.3 Å². The third kappa shape index (κ3) is 4.16. The first-order chi connectivity index (χ1) is 29.1. The van der Waals surface area contributed by atoms with Gasteiger partial charge in [0, 0.05) is 22.3 Å². The maximum atomic E-state index is 14.4. The molecule has 0 bridgehead atoms. The van der Waals surface area contributed by atoms with Crippen LogP contribution in [0.25, 0.3) is 44.8 Å². The molecule has 0 radical (unpaired) electrons. The van der Waals surface area contributed by atoms with Crippen molar-refractivity contribution in [1.29, 1.82) is 0 Å². The summed E-state index contributed by atoms with van der Waals surface area (Å²) in [6.07, 6.45) is 0. The molecule has 60 heavy (non-hydrogen) atoms. The molecule has 9 aromatic rings. The molecule has 5 heteroatoms. The first-order valence-corrected chi connectivity index (χ1v) is 20.0. The molecule has 7 aromatic carbocycles. The average Bonchev–Trinajstić information content (AvgIpc) is 3.75. The molecule has 0 unspecified atom stereocenters. The summed E-state index contributed by atoms with van der Waals surface area (Å²) < 4.78 is 28.7. The molecule has 13 rings (SSSR count). The van der Waals surface area contributed by atoms with Crippen molar-refractivity contribution in [2.75, 3.05) is 4.90 Å². The molecule has 3 nitrogen and oxygen atoms in total. The van der Waals surface area contributed by atoms with E-state index >= 15 is 0 Å². The van der Waals surface area contributed by atoms with Crippen LogP contribution in [0.4, 0.5) is 26.1 Å². The van der Waals surface area contributed by atoms with E-state index < -0.39 is 10.8 Å². The lowest BCUT2D eigenvalue weighted by atomic mass is 9.60. The number of aromatic nitrogens is 2. The Hall–Kier alpha value is -7.50. The standard InChI is InChI=1S/C54H31F2N3.CH4/c55-34-24-20-32(21-25-34)48-30-28-46-51(57-48)59-50-44(53(46)40-14-5-1-10-36(40)37-11-2-6-15-41(37)53)18-9-19-45(50)54(42-16-7-3-12-38(42)39-13-4-8-17-43(39)54)47-29-31-49(58-52(47)59)33-22-26-35(56)27-23-33;/h1-31H;1H4. The van der Waals surface area contributed by atoms with Gasteiger partial charge in [0.1, 0.15) is 23.3 Å². The van der Waals surface area contributed by atoms with E-state index in [1.165, 1.54) is 68.8 Å². The number of halogens is 2. The van der Waals surface area contributed by atoms with Crippen molar-refractivity contribution >= 4 is 17.3 Å². The summed E-state index contributed by atoms with van der Waals surface area (Å²) in [5.41, 5.74) is 16.6. The summed E-state index contributed by atoms with van der Waals surface area (Å²) in [5.74, 6) is 0.928. The second-order valence-corrected chi connectivity index (χ2v) is 15.9. The van der Waals surface area contributed by atoms with Crippen LogP contribution in [0, 0.1) is 11.6 Å². The third-order valence-electron chi connectivity index (χ3n) is 13.2. The van der Waals surface area contributed by atoms with E-state index in [-0.39, 0.29) is 19.1 Å². The highest BCUT2D eigenvalue weighted by atomic mass is 19.1. The zero-order valence-electron chi connectivity index (χ0n) is 31.5. The molecule has 2 aromatic heterocycles. The molecule has 0 N–H and O–H groups in total. The summed E-state index contributed by atoms with van der Waals surface area (Å²) in [6.45, 7) is 0. The Labute approximate surface area is 346 Å². The quantitative estimate of drug-likeness (QED) is 0.175. The Balaban J connectivity index is 0.00000388. The van der Waals surface area contributed by atoms with Crippen LogP contribution >= 0.6 is 0 Å². The maximum absolute atomic E-state index is 14.4. The number of rotatable bonds is 2. The van der Waals surface area contributed by atoms with E-state index in [0.29, 0.717) is 0 Å². The van der Waals surface area contributed by atoms with Crippen LogP contribution in [-0.4, -0.2) is 9.97 Å². The second-order valence-electron chi connectivity index (χ2n) is 15.9. The van der Waals surface area contributed by atoms with Crippen LogP contribution in [0.2, 0.25) is 0 Å². The predicted octanol–water partition coefficient (Wildman–Crippen LogP) is 13.5. The summed E-state index contributed by atoms with van der Waals surface area (Å²) in [4.78, 5) is 13.6. The number of pyridine rings is 2. The largest absolute Gasteiger partial charge is 0.278 e. The fraction of sp³-hybridized carbons (Fsp3) is 0.0545. The molecule has 2 aliphatic carbocycles. The molecule has 0 amide bonds. The number of hydrogen-bond acceptors (Lipinski definition) is 3. The zero-order valence-corrected chi connectivity index (χ0v) is 31.5. The van der Waals surface area contributed by atoms with Crippen LogP contribution < -0.4 is 4.90 Å². The number of fused-ring (bicyclic) bond motifs is 18. The van der Waals surface area contributed by atoms with Crippen LogP contribution in [0.5, 0.6) is 0 Å². The maximum Gasteiger partial charge on any atom is 0.144 e. The molecule has 0 atom stereocenters. The molecule has 2 aliphatic heterocycles. The normalized spacial score (nSPS) is 14.6. The minimum atomic E-state index is -0.733. The van der Waals surface area contributed by atoms with E-state index in [9.17, 15) is 8.78 Å². The van der Waals surface area contributed by atoms with Gasteiger partial charge in [0.25, 0.3) is 0 Å². The van der Waals surface area contributed by atoms with Crippen LogP contribution in [-0.2, 0) is 10.8 Å². The van der Waals surface area contributed by atoms with E-state index in [4.69, 9.17) is 9.97 Å². The van der Waals surface area contributed by atoms with Gasteiger partial charge in [-0.3, -0.25) is 4.90 Å². The number of nitrogens with zero attached hydrogens (tertiary/aromatic N) is 3. The van der Waals surface area contributed by atoms with Gasteiger partial charge in [-0.25, -0.2) is 18.7 Å². The first-order valence-electron chi connectivity index (χ1n) is 20.0. The fourth-order valence-corrected chi connectivity index (χ4v) is 11.0. The topological polar surface area (TPSA) is 29.0 Å². The van der Waals surface area contributed by atoms with E-state index in [2.05, 4.69) is 144 Å². The Kier molecular flexibility index (Phi) is 7.06. The number of hydrogen-bond donors (Lipinski definition) is 0. The van der Waals surface area contributed by atoms with Crippen LogP contribution in [0.15, 0.2) is 188 Å². The van der Waals surface area contributed by atoms with Gasteiger partial charge in [0.2, 0.25) is 0 Å². The van der Waals surface area contributed by atoms with Crippen LogP contribution in [0.3, 0.4) is 0 Å². The fourth-order valence-electron chi connectivity index (χ4n) is 11.0. The first kappa shape index (κ1) is 34.5. The van der Waals surface area contributed by atoms with E-state index in [0.717, 1.165) is 62.1 Å². The van der Waals surface area contributed by atoms with Gasteiger partial charge in [-0.15, -0.1) is 0 Å². The molecule has 4 aliphatic rings. The molecule has 0 fully saturated rings. The minimum absolute atomic E-state index is 0. The van der Waals surface area contributed by atoms with Crippen molar-refractivity contribution in [3.05, 3.63) is 244 Å². The second kappa shape index (κ2) is 12.3. The lowest BCUT2D eigenvalue weighted by Crippen LogP contribution is -2.43. The van der Waals surface area contributed by atoms with E-state index in [1.54, 1.807) is 24.3 Å². The summed E-state index contributed by atoms with van der Waals surface area (Å²) in [6, 6.07) is 63.7. The van der Waals surface area contributed by atoms with E-state index in [1.807, 2.05) is 0 Å². The van der Waals surface area contributed by atoms with Crippen molar-refractivity contribution in [3.8, 4) is 44.8 Å². The molecule has 0 saturated carbocycles. The zero-order chi connectivity index (χ0) is 39.0. The van der Waals surface area contributed by atoms with Gasteiger partial charge >= 0.3 is 0 Å². The summed E-state index contributed by atoms with van der Waals surface area (Å²) in [7, 11) is 0. The van der Waals surface area contributed by atoms with Gasteiger partial charge < -0.3 is 0 Å². The molecule has 284 valence electrons. The van der Waals surface area contributed by atoms with Gasteiger partial charge in [0.15, 0.2) is 0 Å². The van der Waals surface area contributed by atoms with Crippen molar-refractivity contribution in [1.82, 2.24) is 9.97 Å². The molecular weight excluding hydrogens is 741 g/mol. The molecule has 2 spiro atoms. The Morgan fingerprint density at radius 1 is 0.333 bits per heavy atom. The predicted molar refractivity (Wildman–Crippen MR) is 236 cm³/mol. The SMILES string of the molecule is C.Fc1ccc(-c2ccc3c(n2)N2c4nc(-c5ccc(F)cc5)ccc4C4(c5ccccc5-c5ccccc54)c4cccc(c42)C32c3ccccc3-c3ccccc32)cc1. The van der Waals surface area contributed by atoms with Gasteiger partial charge in [-0.2, -0.15) is 0 Å². The molecule has 0 saturated heterocycles. The third-order valence-corrected chi connectivity index (χ3v) is 13.2. The van der Waals surface area contributed by atoms with Crippen LogP contribution in [0.1, 0.15) is 51.9 Å². The van der Waals surface area contributed by atoms with Crippen molar-refractivity contribution in [3.63, 3.8) is 0 Å². The van der Waals surface area contributed by atoms with Crippen molar-refractivity contribution in [2.24, 2.45) is 0 Å². The Morgan fingerprint density at radius 3 is 1.03 bits per heavy atom. The highest BCUT2D eigenvalue weighted by Gasteiger charge is 2.59. The Morgan fingerprint density at radius 2 is 0.667 bits per heavy atom. The molecular formula is C55H35F2N3. The lowest BCUT2D eigenvalue weighted by molar-refractivity contribution is 0.627. The lowest BCUT2D eigenvalue weighted by Gasteiger charge is -2.50. The van der Waals surface area contributed by atoms with Crippen molar-refractivity contribution < 1.29 is 8.78 Å². The number of anilines is 3. The van der Waals surface area contributed by atoms with Gasteiger partial charge in [-0.05, 0) is 116 Å². The van der Waals surface area contributed by atoms with Gasteiger partial charge in [-0.1, -0.05) is 135 Å². The van der Waals surface area contributed by atoms with Gasteiger partial charge in [0.05, 0.1) is 27.9 Å². The highest BCUT2D eigenvalue weighted by molar-refractivity contribution is 6.01.